The van der Waals surface area contributed by atoms with E-state index in [9.17, 15) is 4.79 Å². The van der Waals surface area contributed by atoms with Gasteiger partial charge in [-0.1, -0.05) is 36.0 Å². The average Bonchev–Trinajstić information content (AvgIpc) is 3.25. The van der Waals surface area contributed by atoms with Crippen molar-refractivity contribution in [2.24, 2.45) is 0 Å². The summed E-state index contributed by atoms with van der Waals surface area (Å²) in [5.41, 5.74) is 3.77. The number of anilines is 1. The zero-order valence-corrected chi connectivity index (χ0v) is 15.3. The number of imidazole rings is 1. The van der Waals surface area contributed by atoms with Crippen molar-refractivity contribution in [3.63, 3.8) is 0 Å². The lowest BCUT2D eigenvalue weighted by Crippen LogP contribution is -2.14. The maximum absolute atomic E-state index is 12.2. The van der Waals surface area contributed by atoms with Crippen molar-refractivity contribution in [3.8, 4) is 17.0 Å². The number of rotatable bonds is 5. The number of thioether (sulfide) groups is 1. The summed E-state index contributed by atoms with van der Waals surface area (Å²) in [5.74, 6) is 1.84. The number of hydrogen-bond acceptors (Lipinski definition) is 4. The number of benzene rings is 2. The van der Waals surface area contributed by atoms with Crippen molar-refractivity contribution in [1.29, 1.82) is 0 Å². The molecule has 6 heteroatoms. The Bertz CT molecular complexity index is 896. The van der Waals surface area contributed by atoms with Gasteiger partial charge in [-0.25, -0.2) is 4.98 Å². The molecule has 2 heterocycles. The number of aromatic nitrogens is 2. The Balaban J connectivity index is 1.39. The Hall–Kier alpha value is -2.73. The third-order valence-electron chi connectivity index (χ3n) is 4.29. The Labute approximate surface area is 156 Å². The molecule has 0 unspecified atom stereocenters. The number of carbonyl (C=O) groups is 1. The van der Waals surface area contributed by atoms with Gasteiger partial charge in [0.05, 0.1) is 19.2 Å². The maximum Gasteiger partial charge on any atom is 0.228 e. The van der Waals surface area contributed by atoms with Gasteiger partial charge in [0.2, 0.25) is 5.91 Å². The van der Waals surface area contributed by atoms with E-state index < -0.39 is 0 Å². The highest BCUT2D eigenvalue weighted by Crippen LogP contribution is 2.29. The molecule has 2 aromatic carbocycles. The molecule has 3 aromatic rings. The minimum absolute atomic E-state index is 0.0414. The lowest BCUT2D eigenvalue weighted by Gasteiger charge is -2.07. The van der Waals surface area contributed by atoms with Gasteiger partial charge in [0.15, 0.2) is 5.16 Å². The van der Waals surface area contributed by atoms with Crippen LogP contribution in [0.25, 0.3) is 11.3 Å². The van der Waals surface area contributed by atoms with Gasteiger partial charge in [0, 0.05) is 29.7 Å². The summed E-state index contributed by atoms with van der Waals surface area (Å²) in [4.78, 5) is 16.9. The minimum Gasteiger partial charge on any atom is -0.497 e. The summed E-state index contributed by atoms with van der Waals surface area (Å²) in [6, 6.07) is 15.3. The number of ether oxygens (including phenoxy) is 1. The van der Waals surface area contributed by atoms with Crippen molar-refractivity contribution in [2.45, 2.75) is 18.1 Å². The lowest BCUT2D eigenvalue weighted by atomic mass is 10.1. The molecule has 0 aliphatic carbocycles. The number of hydrogen-bond donors (Lipinski definition) is 1. The first-order chi connectivity index (χ1) is 12.7. The van der Waals surface area contributed by atoms with E-state index in [0.717, 1.165) is 45.7 Å². The van der Waals surface area contributed by atoms with E-state index in [1.807, 2.05) is 48.5 Å². The summed E-state index contributed by atoms with van der Waals surface area (Å²) in [5, 5.41) is 4.02. The van der Waals surface area contributed by atoms with Gasteiger partial charge < -0.3 is 14.6 Å². The van der Waals surface area contributed by atoms with Crippen LogP contribution in [0.4, 0.5) is 5.69 Å². The molecule has 4 rings (SSSR count). The third kappa shape index (κ3) is 3.60. The van der Waals surface area contributed by atoms with Crippen LogP contribution in [0.3, 0.4) is 0 Å². The smallest absolute Gasteiger partial charge is 0.228 e. The second kappa shape index (κ2) is 7.25. The van der Waals surface area contributed by atoms with Gasteiger partial charge in [0.1, 0.15) is 5.75 Å². The molecule has 0 saturated heterocycles. The van der Waals surface area contributed by atoms with Crippen LogP contribution >= 0.6 is 11.8 Å². The maximum atomic E-state index is 12.2. The molecule has 0 fully saturated rings. The molecule has 132 valence electrons. The van der Waals surface area contributed by atoms with E-state index in [4.69, 9.17) is 4.74 Å². The van der Waals surface area contributed by atoms with Gasteiger partial charge in [-0.05, 0) is 29.8 Å². The molecule has 1 amide bonds. The summed E-state index contributed by atoms with van der Waals surface area (Å²) < 4.78 is 7.31. The number of amides is 1. The number of nitrogens with one attached hydrogen (secondary N) is 1. The van der Waals surface area contributed by atoms with Gasteiger partial charge in [0.25, 0.3) is 0 Å². The SMILES string of the molecule is COc1ccc(CC(=O)Nc2ccc(-c3cn4c(n3)SCC4)cc2)cc1. The predicted octanol–water partition coefficient (Wildman–Crippen LogP) is 3.85. The molecule has 0 saturated carbocycles. The standard InChI is InChI=1S/C20H19N3O2S/c1-25-17-8-2-14(3-9-17)12-19(24)21-16-6-4-15(5-7-16)18-13-23-10-11-26-20(23)22-18/h2-9,13H,10-12H2,1H3,(H,21,24). The zero-order chi connectivity index (χ0) is 17.9. The van der Waals surface area contributed by atoms with Gasteiger partial charge in [-0.15, -0.1) is 0 Å². The highest BCUT2D eigenvalue weighted by Gasteiger charge is 2.15. The van der Waals surface area contributed by atoms with E-state index in [0.29, 0.717) is 6.42 Å². The Morgan fingerprint density at radius 1 is 1.19 bits per heavy atom. The minimum atomic E-state index is -0.0414. The van der Waals surface area contributed by atoms with Crippen molar-refractivity contribution < 1.29 is 9.53 Å². The van der Waals surface area contributed by atoms with Crippen molar-refractivity contribution in [3.05, 3.63) is 60.3 Å². The third-order valence-corrected chi connectivity index (χ3v) is 5.26. The Kier molecular flexibility index (Phi) is 4.67. The molecule has 1 aliphatic heterocycles. The van der Waals surface area contributed by atoms with Crippen LogP contribution in [0.1, 0.15) is 5.56 Å². The monoisotopic (exact) mass is 365 g/mol. The van der Waals surface area contributed by atoms with E-state index >= 15 is 0 Å². The molecule has 1 aromatic heterocycles. The lowest BCUT2D eigenvalue weighted by molar-refractivity contribution is -0.115. The molecular formula is C20H19N3O2S. The van der Waals surface area contributed by atoms with Crippen LogP contribution in [0, 0.1) is 0 Å². The van der Waals surface area contributed by atoms with Crippen molar-refractivity contribution in [2.75, 3.05) is 18.2 Å². The van der Waals surface area contributed by atoms with Crippen LogP contribution in [0.2, 0.25) is 0 Å². The Morgan fingerprint density at radius 3 is 2.65 bits per heavy atom. The fourth-order valence-electron chi connectivity index (χ4n) is 2.91. The van der Waals surface area contributed by atoms with Gasteiger partial charge >= 0.3 is 0 Å². The summed E-state index contributed by atoms with van der Waals surface area (Å²) >= 11 is 1.79. The van der Waals surface area contributed by atoms with Crippen LogP contribution in [-0.2, 0) is 17.8 Å². The zero-order valence-electron chi connectivity index (χ0n) is 14.4. The van der Waals surface area contributed by atoms with Gasteiger partial charge in [-0.2, -0.15) is 0 Å². The first-order valence-corrected chi connectivity index (χ1v) is 9.43. The molecule has 0 spiro atoms. The summed E-state index contributed by atoms with van der Waals surface area (Å²) in [7, 11) is 1.63. The van der Waals surface area contributed by atoms with Crippen LogP contribution < -0.4 is 10.1 Å². The Morgan fingerprint density at radius 2 is 1.96 bits per heavy atom. The number of carbonyl (C=O) groups excluding carboxylic acids is 1. The first kappa shape index (κ1) is 16.7. The quantitative estimate of drug-likeness (QED) is 0.746. The average molecular weight is 365 g/mol. The number of fused-ring (bicyclic) bond motifs is 1. The second-order valence-electron chi connectivity index (χ2n) is 6.10. The summed E-state index contributed by atoms with van der Waals surface area (Å²) in [6.07, 6.45) is 2.42. The van der Waals surface area contributed by atoms with Crippen molar-refractivity contribution in [1.82, 2.24) is 9.55 Å². The highest BCUT2D eigenvalue weighted by molar-refractivity contribution is 7.99. The summed E-state index contributed by atoms with van der Waals surface area (Å²) in [6.45, 7) is 1.02. The fraction of sp³-hybridized carbons (Fsp3) is 0.200. The van der Waals surface area contributed by atoms with Crippen LogP contribution in [0.5, 0.6) is 5.75 Å². The highest BCUT2D eigenvalue weighted by atomic mass is 32.2. The van der Waals surface area contributed by atoms with E-state index in [-0.39, 0.29) is 5.91 Å². The molecule has 26 heavy (non-hydrogen) atoms. The predicted molar refractivity (Wildman–Crippen MR) is 104 cm³/mol. The molecule has 0 atom stereocenters. The fourth-order valence-corrected chi connectivity index (χ4v) is 3.85. The van der Waals surface area contributed by atoms with Crippen LogP contribution in [-0.4, -0.2) is 28.3 Å². The largest absolute Gasteiger partial charge is 0.497 e. The second-order valence-corrected chi connectivity index (χ2v) is 7.16. The number of nitrogens with zero attached hydrogens (tertiary/aromatic N) is 2. The molecule has 1 N–H and O–H groups in total. The van der Waals surface area contributed by atoms with E-state index in [2.05, 4.69) is 21.1 Å². The molecule has 1 aliphatic rings. The van der Waals surface area contributed by atoms with E-state index in [1.54, 1.807) is 18.9 Å². The number of aryl methyl sites for hydroxylation is 1. The van der Waals surface area contributed by atoms with Crippen molar-refractivity contribution >= 4 is 23.4 Å². The molecule has 0 radical (unpaired) electrons. The molecular weight excluding hydrogens is 346 g/mol. The topological polar surface area (TPSA) is 56.1 Å². The molecule has 0 bridgehead atoms. The van der Waals surface area contributed by atoms with Crippen LogP contribution in [0.15, 0.2) is 59.9 Å². The first-order valence-electron chi connectivity index (χ1n) is 8.44. The molecule has 5 nitrogen and oxygen atoms in total. The van der Waals surface area contributed by atoms with Gasteiger partial charge in [-0.3, -0.25) is 4.79 Å². The normalized spacial score (nSPS) is 12.7. The number of methoxy groups -OCH3 is 1. The van der Waals surface area contributed by atoms with E-state index in [1.165, 1.54) is 0 Å².